The molecular formula is C23H20ClFN4OS. The van der Waals surface area contributed by atoms with Gasteiger partial charge in [0.05, 0.1) is 22.0 Å². The topological polar surface area (TPSA) is 59.3 Å². The molecule has 0 fully saturated rings. The summed E-state index contributed by atoms with van der Waals surface area (Å²) in [4.78, 5) is 16.7. The van der Waals surface area contributed by atoms with Crippen molar-refractivity contribution in [3.63, 3.8) is 0 Å². The van der Waals surface area contributed by atoms with Gasteiger partial charge in [-0.2, -0.15) is 5.10 Å². The fourth-order valence-corrected chi connectivity index (χ4v) is 4.10. The van der Waals surface area contributed by atoms with Gasteiger partial charge in [-0.05, 0) is 54.8 Å². The fourth-order valence-electron chi connectivity index (χ4n) is 3.09. The van der Waals surface area contributed by atoms with E-state index < -0.39 is 5.82 Å². The predicted octanol–water partition coefficient (Wildman–Crippen LogP) is 5.21. The van der Waals surface area contributed by atoms with Crippen molar-refractivity contribution in [2.75, 3.05) is 5.75 Å². The van der Waals surface area contributed by atoms with Gasteiger partial charge in [0.2, 0.25) is 5.91 Å². The SMILES string of the molecule is Cc1ccc(-c2cc3c(SCC(=O)NCc4ccc(F)c(Cl)c4)nccn3n2)cc1C. The van der Waals surface area contributed by atoms with Crippen LogP contribution in [0.25, 0.3) is 16.8 Å². The summed E-state index contributed by atoms with van der Waals surface area (Å²) in [5, 5.41) is 8.23. The highest BCUT2D eigenvalue weighted by atomic mass is 35.5. The molecule has 1 amide bonds. The number of nitrogens with zero attached hydrogens (tertiary/aromatic N) is 3. The van der Waals surface area contributed by atoms with Crippen molar-refractivity contribution in [2.45, 2.75) is 25.4 Å². The van der Waals surface area contributed by atoms with Crippen molar-refractivity contribution >= 4 is 34.8 Å². The van der Waals surface area contributed by atoms with E-state index in [0.717, 1.165) is 27.4 Å². The molecule has 0 saturated heterocycles. The smallest absolute Gasteiger partial charge is 0.230 e. The summed E-state index contributed by atoms with van der Waals surface area (Å²) in [6.45, 7) is 4.44. The molecule has 2 aromatic carbocycles. The number of aromatic nitrogens is 3. The largest absolute Gasteiger partial charge is 0.351 e. The van der Waals surface area contributed by atoms with Crippen LogP contribution in [0.2, 0.25) is 5.02 Å². The van der Waals surface area contributed by atoms with E-state index >= 15 is 0 Å². The maximum atomic E-state index is 13.2. The number of fused-ring (bicyclic) bond motifs is 1. The van der Waals surface area contributed by atoms with Crippen LogP contribution in [0.1, 0.15) is 16.7 Å². The van der Waals surface area contributed by atoms with Crippen molar-refractivity contribution < 1.29 is 9.18 Å². The zero-order valence-electron chi connectivity index (χ0n) is 17.0. The van der Waals surface area contributed by atoms with E-state index in [1.54, 1.807) is 23.0 Å². The molecule has 5 nitrogen and oxygen atoms in total. The lowest BCUT2D eigenvalue weighted by Gasteiger charge is -2.06. The lowest BCUT2D eigenvalue weighted by molar-refractivity contribution is -0.118. The average Bonchev–Trinajstić information content (AvgIpc) is 3.20. The number of benzene rings is 2. The van der Waals surface area contributed by atoms with Gasteiger partial charge < -0.3 is 5.32 Å². The van der Waals surface area contributed by atoms with E-state index in [9.17, 15) is 9.18 Å². The van der Waals surface area contributed by atoms with Crippen LogP contribution >= 0.6 is 23.4 Å². The third kappa shape index (κ3) is 4.89. The molecule has 0 aliphatic heterocycles. The molecule has 4 aromatic rings. The molecule has 0 aliphatic rings. The van der Waals surface area contributed by atoms with E-state index in [1.165, 1.54) is 35.0 Å². The number of nitrogens with one attached hydrogen (secondary N) is 1. The van der Waals surface area contributed by atoms with Crippen molar-refractivity contribution in [1.82, 2.24) is 19.9 Å². The Bertz CT molecular complexity index is 1270. The first-order valence-corrected chi connectivity index (χ1v) is 11.0. The molecule has 4 rings (SSSR count). The van der Waals surface area contributed by atoms with Gasteiger partial charge in [0, 0.05) is 24.5 Å². The second-order valence-corrected chi connectivity index (χ2v) is 8.58. The molecule has 2 aromatic heterocycles. The highest BCUT2D eigenvalue weighted by molar-refractivity contribution is 8.00. The van der Waals surface area contributed by atoms with Crippen LogP contribution in [-0.2, 0) is 11.3 Å². The van der Waals surface area contributed by atoms with E-state index in [-0.39, 0.29) is 23.2 Å². The number of amides is 1. The summed E-state index contributed by atoms with van der Waals surface area (Å²) in [5.74, 6) is -0.429. The van der Waals surface area contributed by atoms with Crippen LogP contribution < -0.4 is 5.32 Å². The molecule has 0 radical (unpaired) electrons. The summed E-state index contributed by atoms with van der Waals surface area (Å²) >= 11 is 7.12. The number of carbonyl (C=O) groups is 1. The predicted molar refractivity (Wildman–Crippen MR) is 122 cm³/mol. The molecule has 0 unspecified atom stereocenters. The highest BCUT2D eigenvalue weighted by Gasteiger charge is 2.12. The Morgan fingerprint density at radius 1 is 1.16 bits per heavy atom. The van der Waals surface area contributed by atoms with E-state index in [2.05, 4.69) is 47.4 Å². The standard InChI is InChI=1S/C23H20ClFN4OS/c1-14-3-5-17(9-15(14)2)20-11-21-23(26-7-8-29(21)28-20)31-13-22(30)27-12-16-4-6-19(25)18(24)10-16/h3-11H,12-13H2,1-2H3,(H,27,30). The van der Waals surface area contributed by atoms with Gasteiger partial charge in [0.1, 0.15) is 10.8 Å². The molecule has 0 atom stereocenters. The van der Waals surface area contributed by atoms with Crippen LogP contribution in [0, 0.1) is 19.7 Å². The molecule has 0 aliphatic carbocycles. The monoisotopic (exact) mass is 454 g/mol. The normalized spacial score (nSPS) is 11.1. The maximum absolute atomic E-state index is 13.2. The zero-order valence-corrected chi connectivity index (χ0v) is 18.6. The summed E-state index contributed by atoms with van der Waals surface area (Å²) in [6.07, 6.45) is 3.47. The van der Waals surface area contributed by atoms with Crippen LogP contribution in [0.5, 0.6) is 0 Å². The van der Waals surface area contributed by atoms with Gasteiger partial charge in [-0.25, -0.2) is 13.9 Å². The van der Waals surface area contributed by atoms with Crippen molar-refractivity contribution in [3.8, 4) is 11.3 Å². The number of hydrogen-bond acceptors (Lipinski definition) is 4. The summed E-state index contributed by atoms with van der Waals surface area (Å²) < 4.78 is 15.0. The highest BCUT2D eigenvalue weighted by Crippen LogP contribution is 2.27. The van der Waals surface area contributed by atoms with Gasteiger partial charge in [-0.15, -0.1) is 0 Å². The number of thioether (sulfide) groups is 1. The van der Waals surface area contributed by atoms with Crippen LogP contribution in [-0.4, -0.2) is 26.3 Å². The number of halogens is 2. The molecule has 2 heterocycles. The summed E-state index contributed by atoms with van der Waals surface area (Å²) in [7, 11) is 0. The molecule has 31 heavy (non-hydrogen) atoms. The Kier molecular flexibility index (Phi) is 6.25. The zero-order chi connectivity index (χ0) is 22.0. The van der Waals surface area contributed by atoms with Gasteiger partial charge >= 0.3 is 0 Å². The van der Waals surface area contributed by atoms with E-state index in [0.29, 0.717) is 0 Å². The second-order valence-electron chi connectivity index (χ2n) is 7.20. The van der Waals surface area contributed by atoms with Gasteiger partial charge in [0.25, 0.3) is 0 Å². The molecule has 8 heteroatoms. The van der Waals surface area contributed by atoms with Gasteiger partial charge in [-0.3, -0.25) is 4.79 Å². The lowest BCUT2D eigenvalue weighted by atomic mass is 10.0. The van der Waals surface area contributed by atoms with Crippen molar-refractivity contribution in [2.24, 2.45) is 0 Å². The number of hydrogen-bond donors (Lipinski definition) is 1. The van der Waals surface area contributed by atoms with E-state index in [4.69, 9.17) is 11.6 Å². The quantitative estimate of drug-likeness (QED) is 0.406. The Morgan fingerprint density at radius 2 is 2.00 bits per heavy atom. The Morgan fingerprint density at radius 3 is 2.77 bits per heavy atom. The average molecular weight is 455 g/mol. The van der Waals surface area contributed by atoms with Crippen molar-refractivity contribution in [1.29, 1.82) is 0 Å². The summed E-state index contributed by atoms with van der Waals surface area (Å²) in [5.41, 5.74) is 5.92. The Hall–Kier alpha value is -2.90. The molecule has 0 saturated carbocycles. The Balaban J connectivity index is 1.44. The van der Waals surface area contributed by atoms with Crippen LogP contribution in [0.15, 0.2) is 59.9 Å². The number of aryl methyl sites for hydroxylation is 2. The minimum Gasteiger partial charge on any atom is -0.351 e. The first-order valence-electron chi connectivity index (χ1n) is 9.66. The minimum absolute atomic E-state index is 0.0392. The lowest BCUT2D eigenvalue weighted by Crippen LogP contribution is -2.24. The van der Waals surface area contributed by atoms with Gasteiger partial charge in [-0.1, -0.05) is 41.6 Å². The molecule has 0 spiro atoms. The molecular weight excluding hydrogens is 435 g/mol. The van der Waals surface area contributed by atoms with Crippen LogP contribution in [0.4, 0.5) is 4.39 Å². The number of rotatable bonds is 6. The Labute approximate surface area is 188 Å². The third-order valence-electron chi connectivity index (χ3n) is 4.97. The second kappa shape index (κ2) is 9.08. The van der Waals surface area contributed by atoms with E-state index in [1.807, 2.05) is 6.07 Å². The van der Waals surface area contributed by atoms with Gasteiger partial charge in [0.15, 0.2) is 0 Å². The first-order chi connectivity index (χ1) is 14.9. The van der Waals surface area contributed by atoms with Crippen LogP contribution in [0.3, 0.4) is 0 Å². The van der Waals surface area contributed by atoms with Crippen molar-refractivity contribution in [3.05, 3.63) is 82.4 Å². The molecule has 158 valence electrons. The fraction of sp³-hybridized carbons (Fsp3) is 0.174. The first kappa shape index (κ1) is 21.3. The molecule has 0 bridgehead atoms. The number of carbonyl (C=O) groups excluding carboxylic acids is 1. The third-order valence-corrected chi connectivity index (χ3v) is 6.26. The maximum Gasteiger partial charge on any atom is 0.230 e. The summed E-state index contributed by atoms with van der Waals surface area (Å²) in [6, 6.07) is 12.6. The molecule has 1 N–H and O–H groups in total. The minimum atomic E-state index is -0.479.